The Morgan fingerprint density at radius 3 is 2.88 bits per heavy atom. The summed E-state index contributed by atoms with van der Waals surface area (Å²) in [7, 11) is 1.64. The molecule has 17 heavy (non-hydrogen) atoms. The summed E-state index contributed by atoms with van der Waals surface area (Å²) in [5, 5.41) is 20.2. The third kappa shape index (κ3) is 2.57. The zero-order valence-electron chi connectivity index (χ0n) is 9.07. The van der Waals surface area contributed by atoms with E-state index < -0.39 is 5.97 Å². The average Bonchev–Trinajstić information content (AvgIpc) is 2.73. The van der Waals surface area contributed by atoms with Gasteiger partial charge in [-0.3, -0.25) is 0 Å². The van der Waals surface area contributed by atoms with Crippen molar-refractivity contribution in [3.63, 3.8) is 0 Å². The quantitative estimate of drug-likeness (QED) is 0.827. The molecule has 0 aliphatic rings. The third-order valence-electron chi connectivity index (χ3n) is 2.02. The summed E-state index contributed by atoms with van der Waals surface area (Å²) < 4.78 is 5.34. The normalized spacial score (nSPS) is 10.2. The molecule has 0 aliphatic carbocycles. The average molecular weight is 234 g/mol. The number of aryl methyl sites for hydroxylation is 1. The van der Waals surface area contributed by atoms with Crippen molar-refractivity contribution in [2.45, 2.75) is 6.61 Å². The minimum atomic E-state index is -1.03. The van der Waals surface area contributed by atoms with Crippen LogP contribution in [0.3, 0.4) is 0 Å². The number of aromatic carboxylic acids is 1. The lowest BCUT2D eigenvalue weighted by Crippen LogP contribution is -2.04. The number of carboxylic acids is 1. The van der Waals surface area contributed by atoms with Gasteiger partial charge in [-0.25, -0.2) is 4.79 Å². The molecule has 2 aromatic rings. The fourth-order valence-corrected chi connectivity index (χ4v) is 1.29. The van der Waals surface area contributed by atoms with Crippen LogP contribution in [0.5, 0.6) is 5.75 Å². The molecule has 0 aliphatic heterocycles. The molecule has 0 radical (unpaired) electrons. The van der Waals surface area contributed by atoms with Crippen molar-refractivity contribution < 1.29 is 14.6 Å². The molecule has 7 nitrogen and oxygen atoms in total. The number of nitrogens with zero attached hydrogens (tertiary/aromatic N) is 4. The largest absolute Gasteiger partial charge is 0.485 e. The maximum atomic E-state index is 10.9. The molecule has 0 amide bonds. The van der Waals surface area contributed by atoms with Crippen LogP contribution in [0, 0.1) is 0 Å². The van der Waals surface area contributed by atoms with Gasteiger partial charge in [0.1, 0.15) is 11.3 Å². The first kappa shape index (κ1) is 11.1. The Balaban J connectivity index is 2.11. The topological polar surface area (TPSA) is 90.1 Å². The van der Waals surface area contributed by atoms with Crippen LogP contribution in [-0.2, 0) is 13.7 Å². The summed E-state index contributed by atoms with van der Waals surface area (Å²) in [6.07, 6.45) is 0. The van der Waals surface area contributed by atoms with E-state index in [2.05, 4.69) is 15.4 Å². The first-order valence-corrected chi connectivity index (χ1v) is 4.85. The molecular formula is C10H10N4O3. The number of para-hydroxylation sites is 1. The molecule has 0 saturated heterocycles. The van der Waals surface area contributed by atoms with Gasteiger partial charge in [-0.15, -0.1) is 10.2 Å². The number of aromatic nitrogens is 4. The molecule has 1 aromatic heterocycles. The molecular weight excluding hydrogens is 224 g/mol. The summed E-state index contributed by atoms with van der Waals surface area (Å²) in [6.45, 7) is 0.0815. The van der Waals surface area contributed by atoms with E-state index in [0.29, 0.717) is 5.82 Å². The fraction of sp³-hybridized carbons (Fsp3) is 0.200. The summed E-state index contributed by atoms with van der Waals surface area (Å²) in [5.74, 6) is -0.354. The van der Waals surface area contributed by atoms with Crippen LogP contribution in [0.25, 0.3) is 0 Å². The van der Waals surface area contributed by atoms with Crippen LogP contribution >= 0.6 is 0 Å². The highest BCUT2D eigenvalue weighted by Crippen LogP contribution is 2.18. The highest BCUT2D eigenvalue weighted by molar-refractivity contribution is 5.90. The lowest BCUT2D eigenvalue weighted by atomic mass is 10.2. The summed E-state index contributed by atoms with van der Waals surface area (Å²) in [6, 6.07) is 6.39. The number of ether oxygens (including phenoxy) is 1. The smallest absolute Gasteiger partial charge is 0.339 e. The highest BCUT2D eigenvalue weighted by atomic mass is 16.5. The number of carbonyl (C=O) groups is 1. The van der Waals surface area contributed by atoms with Gasteiger partial charge < -0.3 is 9.84 Å². The van der Waals surface area contributed by atoms with Crippen LogP contribution in [0.1, 0.15) is 16.2 Å². The number of hydrogen-bond acceptors (Lipinski definition) is 5. The fourth-order valence-electron chi connectivity index (χ4n) is 1.29. The van der Waals surface area contributed by atoms with E-state index in [1.807, 2.05) is 0 Å². The number of hydrogen-bond donors (Lipinski definition) is 1. The Hall–Kier alpha value is -2.44. The van der Waals surface area contributed by atoms with Crippen molar-refractivity contribution in [3.8, 4) is 5.75 Å². The monoisotopic (exact) mass is 234 g/mol. The molecule has 0 fully saturated rings. The molecule has 2 rings (SSSR count). The molecule has 1 heterocycles. The van der Waals surface area contributed by atoms with Gasteiger partial charge in [0.25, 0.3) is 0 Å². The van der Waals surface area contributed by atoms with Gasteiger partial charge in [0.15, 0.2) is 6.61 Å². The predicted octanol–water partition coefficient (Wildman–Crippen LogP) is 0.487. The minimum absolute atomic E-state index is 0.0815. The van der Waals surface area contributed by atoms with Gasteiger partial charge in [0.05, 0.1) is 7.05 Å². The third-order valence-corrected chi connectivity index (χ3v) is 2.02. The van der Waals surface area contributed by atoms with Crippen LogP contribution in [-0.4, -0.2) is 31.3 Å². The standard InChI is InChI=1S/C10H10N4O3/c1-14-12-9(11-13-14)6-17-8-5-3-2-4-7(8)10(15)16/h2-5H,6H2,1H3,(H,15,16). The van der Waals surface area contributed by atoms with E-state index in [1.165, 1.54) is 10.9 Å². The van der Waals surface area contributed by atoms with Crippen molar-refractivity contribution in [3.05, 3.63) is 35.7 Å². The van der Waals surface area contributed by atoms with E-state index in [-0.39, 0.29) is 17.9 Å². The van der Waals surface area contributed by atoms with Gasteiger partial charge in [-0.2, -0.15) is 4.80 Å². The van der Waals surface area contributed by atoms with E-state index in [1.54, 1.807) is 25.2 Å². The Morgan fingerprint density at radius 1 is 1.47 bits per heavy atom. The van der Waals surface area contributed by atoms with Crippen LogP contribution in [0.15, 0.2) is 24.3 Å². The van der Waals surface area contributed by atoms with E-state index in [4.69, 9.17) is 9.84 Å². The van der Waals surface area contributed by atoms with Gasteiger partial charge >= 0.3 is 5.97 Å². The highest BCUT2D eigenvalue weighted by Gasteiger charge is 2.11. The van der Waals surface area contributed by atoms with E-state index >= 15 is 0 Å². The Kier molecular flexibility index (Phi) is 2.99. The van der Waals surface area contributed by atoms with Crippen LogP contribution < -0.4 is 4.74 Å². The summed E-state index contributed by atoms with van der Waals surface area (Å²) >= 11 is 0. The van der Waals surface area contributed by atoms with Crippen LogP contribution in [0.2, 0.25) is 0 Å². The molecule has 0 saturated carbocycles. The Bertz CT molecular complexity index is 538. The second-order valence-electron chi connectivity index (χ2n) is 3.29. The molecule has 0 atom stereocenters. The molecule has 0 spiro atoms. The lowest BCUT2D eigenvalue weighted by Gasteiger charge is -2.06. The summed E-state index contributed by atoms with van der Waals surface area (Å²) in [5.41, 5.74) is 0.108. The molecule has 1 N–H and O–H groups in total. The van der Waals surface area contributed by atoms with Crippen molar-refractivity contribution in [1.82, 2.24) is 20.2 Å². The first-order valence-electron chi connectivity index (χ1n) is 4.85. The Labute approximate surface area is 96.6 Å². The predicted molar refractivity (Wildman–Crippen MR) is 56.5 cm³/mol. The first-order chi connectivity index (χ1) is 8.16. The summed E-state index contributed by atoms with van der Waals surface area (Å²) in [4.78, 5) is 12.2. The number of benzene rings is 1. The molecule has 1 aromatic carbocycles. The van der Waals surface area contributed by atoms with Crippen molar-refractivity contribution >= 4 is 5.97 Å². The van der Waals surface area contributed by atoms with Crippen molar-refractivity contribution in [2.24, 2.45) is 7.05 Å². The van der Waals surface area contributed by atoms with Crippen LogP contribution in [0.4, 0.5) is 0 Å². The second kappa shape index (κ2) is 4.60. The maximum absolute atomic E-state index is 10.9. The van der Waals surface area contributed by atoms with Crippen molar-refractivity contribution in [2.75, 3.05) is 0 Å². The molecule has 88 valence electrons. The van der Waals surface area contributed by atoms with Gasteiger partial charge in [0, 0.05) is 0 Å². The minimum Gasteiger partial charge on any atom is -0.485 e. The molecule has 7 heteroatoms. The van der Waals surface area contributed by atoms with E-state index in [9.17, 15) is 4.79 Å². The molecule has 0 bridgehead atoms. The van der Waals surface area contributed by atoms with Gasteiger partial charge in [-0.05, 0) is 17.3 Å². The number of rotatable bonds is 4. The second-order valence-corrected chi connectivity index (χ2v) is 3.29. The number of carboxylic acid groups (broad SMARTS) is 1. The molecule has 0 unspecified atom stereocenters. The zero-order chi connectivity index (χ0) is 12.3. The SMILES string of the molecule is Cn1nnc(COc2ccccc2C(=O)O)n1. The number of tetrazole rings is 1. The van der Waals surface area contributed by atoms with Gasteiger partial charge in [-0.1, -0.05) is 12.1 Å². The maximum Gasteiger partial charge on any atom is 0.339 e. The van der Waals surface area contributed by atoms with Gasteiger partial charge in [0.2, 0.25) is 5.82 Å². The lowest BCUT2D eigenvalue weighted by molar-refractivity contribution is 0.0691. The zero-order valence-corrected chi connectivity index (χ0v) is 9.07. The Morgan fingerprint density at radius 2 is 2.24 bits per heavy atom. The van der Waals surface area contributed by atoms with Crippen molar-refractivity contribution in [1.29, 1.82) is 0 Å². The van der Waals surface area contributed by atoms with E-state index in [0.717, 1.165) is 0 Å².